The third kappa shape index (κ3) is 1.83. The van der Waals surface area contributed by atoms with Crippen LogP contribution in [0.2, 0.25) is 0 Å². The van der Waals surface area contributed by atoms with Gasteiger partial charge in [-0.05, 0) is 30.2 Å². The lowest BCUT2D eigenvalue weighted by atomic mass is 9.83. The van der Waals surface area contributed by atoms with Crippen LogP contribution in [0.4, 0.5) is 0 Å². The number of hydrogen-bond donors (Lipinski definition) is 1. The van der Waals surface area contributed by atoms with E-state index >= 15 is 0 Å². The second-order valence-electron chi connectivity index (χ2n) is 5.41. The van der Waals surface area contributed by atoms with E-state index in [4.69, 9.17) is 20.1 Å². The number of guanidine groups is 1. The molecule has 6 heteroatoms. The summed E-state index contributed by atoms with van der Waals surface area (Å²) >= 11 is 3.54. The fourth-order valence-electron chi connectivity index (χ4n) is 3.16. The van der Waals surface area contributed by atoms with Crippen molar-refractivity contribution in [1.82, 2.24) is 4.90 Å². The van der Waals surface area contributed by atoms with Crippen molar-refractivity contribution in [2.75, 3.05) is 13.1 Å². The molecule has 1 aromatic heterocycles. The highest BCUT2D eigenvalue weighted by molar-refractivity contribution is 9.10. The Balaban J connectivity index is 2.00. The number of aliphatic imine (C=N–C) groups is 2. The van der Waals surface area contributed by atoms with E-state index in [1.807, 2.05) is 23.1 Å². The lowest BCUT2D eigenvalue weighted by Crippen LogP contribution is -2.46. The Labute approximate surface area is 136 Å². The first kappa shape index (κ1) is 13.6. The minimum atomic E-state index is -0.721. The fraction of sp³-hybridized carbons (Fsp3) is 0.250. The fourth-order valence-corrected chi connectivity index (χ4v) is 3.56. The van der Waals surface area contributed by atoms with Gasteiger partial charge < -0.3 is 10.2 Å². The van der Waals surface area contributed by atoms with Crippen LogP contribution in [0.5, 0.6) is 0 Å². The molecule has 0 radical (unpaired) electrons. The highest BCUT2D eigenvalue weighted by Gasteiger charge is 2.49. The molecule has 3 heterocycles. The van der Waals surface area contributed by atoms with Crippen LogP contribution in [0.3, 0.4) is 0 Å². The van der Waals surface area contributed by atoms with Crippen molar-refractivity contribution in [2.45, 2.75) is 12.0 Å². The summed E-state index contributed by atoms with van der Waals surface area (Å²) in [5, 5.41) is 0. The van der Waals surface area contributed by atoms with Crippen molar-refractivity contribution in [3.05, 3.63) is 58.5 Å². The predicted octanol–water partition coefficient (Wildman–Crippen LogP) is 2.72. The molecule has 1 atom stereocenters. The monoisotopic (exact) mass is 358 g/mol. The van der Waals surface area contributed by atoms with Crippen LogP contribution >= 0.6 is 15.9 Å². The Bertz CT molecular complexity index is 768. The topological polar surface area (TPSA) is 67.1 Å². The lowest BCUT2D eigenvalue weighted by molar-refractivity contribution is 0.525. The largest absolute Gasteiger partial charge is 0.472 e. The SMILES string of the molecule is NC1=N[C@@](c2ccoc2)(c2cccc(Br)c2)C2=NCCCN12. The molecule has 2 N–H and O–H groups in total. The van der Waals surface area contributed by atoms with E-state index in [0.29, 0.717) is 5.96 Å². The van der Waals surface area contributed by atoms with Crippen molar-refractivity contribution >= 4 is 27.7 Å². The molecule has 0 bridgehead atoms. The number of fused-ring (bicyclic) bond motifs is 1. The number of furan rings is 1. The van der Waals surface area contributed by atoms with E-state index in [9.17, 15) is 0 Å². The first-order chi connectivity index (χ1) is 10.7. The average molecular weight is 359 g/mol. The molecule has 0 aliphatic carbocycles. The van der Waals surface area contributed by atoms with Gasteiger partial charge >= 0.3 is 0 Å². The lowest BCUT2D eigenvalue weighted by Gasteiger charge is -2.31. The number of amidine groups is 1. The zero-order chi connectivity index (χ0) is 15.2. The summed E-state index contributed by atoms with van der Waals surface area (Å²) in [6.45, 7) is 1.64. The number of benzene rings is 1. The first-order valence-electron chi connectivity index (χ1n) is 7.18. The minimum Gasteiger partial charge on any atom is -0.472 e. The van der Waals surface area contributed by atoms with Crippen LogP contribution in [0.25, 0.3) is 0 Å². The molecular weight excluding hydrogens is 344 g/mol. The summed E-state index contributed by atoms with van der Waals surface area (Å²) in [7, 11) is 0. The van der Waals surface area contributed by atoms with Gasteiger partial charge in [-0.3, -0.25) is 9.89 Å². The van der Waals surface area contributed by atoms with E-state index in [-0.39, 0.29) is 0 Å². The number of halogens is 1. The number of hydrogen-bond acceptors (Lipinski definition) is 5. The van der Waals surface area contributed by atoms with Gasteiger partial charge in [-0.25, -0.2) is 4.99 Å². The molecule has 0 saturated carbocycles. The van der Waals surface area contributed by atoms with Gasteiger partial charge in [0.1, 0.15) is 5.84 Å². The Morgan fingerprint density at radius 1 is 1.27 bits per heavy atom. The first-order valence-corrected chi connectivity index (χ1v) is 7.97. The average Bonchev–Trinajstić information content (AvgIpc) is 3.15. The highest BCUT2D eigenvalue weighted by Crippen LogP contribution is 2.42. The van der Waals surface area contributed by atoms with Gasteiger partial charge in [-0.15, -0.1) is 0 Å². The van der Waals surface area contributed by atoms with Gasteiger partial charge in [-0.2, -0.15) is 0 Å². The molecule has 22 heavy (non-hydrogen) atoms. The molecule has 0 saturated heterocycles. The molecule has 0 amide bonds. The molecule has 0 spiro atoms. The van der Waals surface area contributed by atoms with Crippen LogP contribution in [0.1, 0.15) is 17.5 Å². The Kier molecular flexibility index (Phi) is 3.07. The van der Waals surface area contributed by atoms with Crippen molar-refractivity contribution in [3.8, 4) is 0 Å². The molecule has 2 aliphatic heterocycles. The van der Waals surface area contributed by atoms with Crippen molar-refractivity contribution in [2.24, 2.45) is 15.7 Å². The van der Waals surface area contributed by atoms with Crippen LogP contribution in [-0.4, -0.2) is 29.8 Å². The Morgan fingerprint density at radius 3 is 2.95 bits per heavy atom. The molecule has 4 rings (SSSR count). The van der Waals surface area contributed by atoms with Gasteiger partial charge in [0, 0.05) is 23.1 Å². The molecule has 0 fully saturated rings. The maximum absolute atomic E-state index is 6.20. The molecule has 112 valence electrons. The van der Waals surface area contributed by atoms with Gasteiger partial charge in [0.2, 0.25) is 0 Å². The zero-order valence-corrected chi connectivity index (χ0v) is 13.5. The van der Waals surface area contributed by atoms with Crippen LogP contribution in [0.15, 0.2) is 61.7 Å². The molecule has 2 aromatic rings. The standard InChI is InChI=1S/C16H15BrN4O/c17-13-4-1-3-11(9-13)16(12-5-8-22-10-12)14-19-6-2-7-21(14)15(18)20-16/h1,3-5,8-10H,2,6-7H2,(H2,18,20)/t16-/m1/s1. The molecule has 5 nitrogen and oxygen atoms in total. The number of nitrogens with two attached hydrogens (primary N) is 1. The van der Waals surface area contributed by atoms with E-state index in [0.717, 1.165) is 40.9 Å². The van der Waals surface area contributed by atoms with E-state index < -0.39 is 5.54 Å². The summed E-state index contributed by atoms with van der Waals surface area (Å²) in [6.07, 6.45) is 4.37. The molecular formula is C16H15BrN4O. The van der Waals surface area contributed by atoms with Crippen molar-refractivity contribution < 1.29 is 4.42 Å². The maximum atomic E-state index is 6.20. The van der Waals surface area contributed by atoms with Gasteiger partial charge in [0.05, 0.1) is 12.5 Å². The van der Waals surface area contributed by atoms with E-state index in [1.165, 1.54) is 0 Å². The maximum Gasteiger partial charge on any atom is 0.198 e. The molecule has 2 aliphatic rings. The zero-order valence-electron chi connectivity index (χ0n) is 11.9. The summed E-state index contributed by atoms with van der Waals surface area (Å²) in [5.74, 6) is 1.40. The van der Waals surface area contributed by atoms with Gasteiger partial charge in [-0.1, -0.05) is 28.1 Å². The summed E-state index contributed by atoms with van der Waals surface area (Å²) in [5.41, 5.74) is 7.44. The predicted molar refractivity (Wildman–Crippen MR) is 88.9 cm³/mol. The highest BCUT2D eigenvalue weighted by atomic mass is 79.9. The van der Waals surface area contributed by atoms with E-state index in [1.54, 1.807) is 12.5 Å². The minimum absolute atomic E-state index is 0.514. The Hall–Kier alpha value is -2.08. The third-order valence-corrected chi connectivity index (χ3v) is 4.61. The van der Waals surface area contributed by atoms with Crippen LogP contribution < -0.4 is 5.73 Å². The Morgan fingerprint density at radius 2 is 2.18 bits per heavy atom. The van der Waals surface area contributed by atoms with E-state index in [2.05, 4.69) is 28.1 Å². The molecule has 1 aromatic carbocycles. The summed E-state index contributed by atoms with van der Waals surface area (Å²) < 4.78 is 6.32. The van der Waals surface area contributed by atoms with Gasteiger partial charge in [0.25, 0.3) is 0 Å². The van der Waals surface area contributed by atoms with Crippen molar-refractivity contribution in [3.63, 3.8) is 0 Å². The van der Waals surface area contributed by atoms with Crippen LogP contribution in [0, 0.1) is 0 Å². The normalized spacial score (nSPS) is 24.0. The number of rotatable bonds is 2. The summed E-state index contributed by atoms with van der Waals surface area (Å²) in [6, 6.07) is 10.0. The van der Waals surface area contributed by atoms with Crippen molar-refractivity contribution in [1.29, 1.82) is 0 Å². The second-order valence-corrected chi connectivity index (χ2v) is 6.33. The third-order valence-electron chi connectivity index (χ3n) is 4.12. The summed E-state index contributed by atoms with van der Waals surface area (Å²) in [4.78, 5) is 11.6. The number of nitrogens with zero attached hydrogens (tertiary/aromatic N) is 3. The molecule has 0 unspecified atom stereocenters. The van der Waals surface area contributed by atoms with Gasteiger partial charge in [0.15, 0.2) is 11.5 Å². The quantitative estimate of drug-likeness (QED) is 0.897. The van der Waals surface area contributed by atoms with Crippen LogP contribution in [-0.2, 0) is 5.54 Å². The smallest absolute Gasteiger partial charge is 0.198 e. The second kappa shape index (κ2) is 4.98.